The molecule has 2 heterocycles. The summed E-state index contributed by atoms with van der Waals surface area (Å²) >= 11 is 12.9. The Kier molecular flexibility index (Phi) is 13.9. The van der Waals surface area contributed by atoms with Crippen LogP contribution in [0.4, 0.5) is 21.9 Å². The van der Waals surface area contributed by atoms with E-state index in [1.54, 1.807) is 84.0 Å². The molecule has 2 aliphatic heterocycles. The minimum atomic E-state index is -4.61. The van der Waals surface area contributed by atoms with Gasteiger partial charge in [0.25, 0.3) is 11.8 Å². The van der Waals surface area contributed by atoms with Crippen LogP contribution in [0.25, 0.3) is 33.7 Å². The zero-order chi connectivity index (χ0) is 47.9. The fourth-order valence-electron chi connectivity index (χ4n) is 8.18. The van der Waals surface area contributed by atoms with Crippen LogP contribution in [0.1, 0.15) is 75.6 Å². The van der Waals surface area contributed by atoms with Crippen molar-refractivity contribution >= 4 is 108 Å². The van der Waals surface area contributed by atoms with Crippen molar-refractivity contribution in [1.29, 1.82) is 0 Å². The van der Waals surface area contributed by atoms with Crippen LogP contribution in [-0.4, -0.2) is 68.9 Å². The number of hydrogen-bond donors (Lipinski definition) is 4. The van der Waals surface area contributed by atoms with Crippen molar-refractivity contribution in [2.45, 2.75) is 64.6 Å². The Morgan fingerprint density at radius 2 is 1.11 bits per heavy atom. The van der Waals surface area contributed by atoms with Crippen LogP contribution in [0.2, 0.25) is 0 Å². The predicted octanol–water partition coefficient (Wildman–Crippen LogP) is 11.4. The maximum absolute atomic E-state index is 14.0. The molecule has 0 fully saturated rings. The van der Waals surface area contributed by atoms with E-state index in [1.165, 1.54) is 52.3 Å². The molecule has 15 nitrogen and oxygen atoms in total. The minimum Gasteiger partial charge on any atom is -0.465 e. The topological polar surface area (TPSA) is 201 Å². The van der Waals surface area contributed by atoms with E-state index in [0.717, 1.165) is 11.1 Å². The molecule has 2 unspecified atom stereocenters. The van der Waals surface area contributed by atoms with Gasteiger partial charge >= 0.3 is 21.7 Å². The standard InChI is InChI=1S/C47H49Cl2N3O12P2/c1-46(2,3)63-65(57,58)61-39-22-37-43(34-13-9-7-11-32(34)39)30(24-48)26-51(37)41(53)19-16-28-15-17-29(36(21-28)50-45(55)56)18-20-42(54)52-27-31(25-49)44-35-14-10-8-12-33(35)40(23-38(44)52)62-66(59,60)64-47(4,5)6/h7-23,30-31,50H,24-27H2,1-6H3,(H,55,56)(H,57,58)(H,59,60)/b19-16+,20-18+/t30-,31-/m1/s1. The summed E-state index contributed by atoms with van der Waals surface area (Å²) in [7, 11) is -9.22. The van der Waals surface area contributed by atoms with Crippen molar-refractivity contribution in [3.05, 3.63) is 113 Å². The second-order valence-electron chi connectivity index (χ2n) is 17.8. The molecule has 348 valence electrons. The Hall–Kier alpha value is -5.21. The number of nitrogens with one attached hydrogen (secondary N) is 1. The summed E-state index contributed by atoms with van der Waals surface area (Å²) in [5, 5.41) is 14.6. The number of anilines is 3. The third kappa shape index (κ3) is 11.0. The number of nitrogens with zero attached hydrogens (tertiary/aromatic N) is 2. The highest BCUT2D eigenvalue weighted by atomic mass is 35.5. The second kappa shape index (κ2) is 18.8. The second-order valence-corrected chi connectivity index (χ2v) is 21.0. The molecule has 66 heavy (non-hydrogen) atoms. The Labute approximate surface area is 391 Å². The lowest BCUT2D eigenvalue weighted by Crippen LogP contribution is -2.28. The summed E-state index contributed by atoms with van der Waals surface area (Å²) in [5.74, 6) is -1.07. The molecule has 3 amide bonds. The van der Waals surface area contributed by atoms with E-state index >= 15 is 0 Å². The molecule has 0 aromatic heterocycles. The molecule has 5 aromatic rings. The Bertz CT molecular complexity index is 2910. The number of halogens is 2. The number of amides is 3. The summed E-state index contributed by atoms with van der Waals surface area (Å²) in [5.41, 5.74) is 1.30. The largest absolute Gasteiger partial charge is 0.527 e. The van der Waals surface area contributed by atoms with Gasteiger partial charge in [-0.2, -0.15) is 0 Å². The summed E-state index contributed by atoms with van der Waals surface area (Å²) in [6, 6.07) is 22.1. The Morgan fingerprint density at radius 1 is 0.682 bits per heavy atom. The van der Waals surface area contributed by atoms with Crippen LogP contribution in [0.15, 0.2) is 91.0 Å². The number of rotatable bonds is 13. The molecule has 0 saturated heterocycles. The van der Waals surface area contributed by atoms with Gasteiger partial charge < -0.3 is 24.0 Å². The molecule has 5 aromatic carbocycles. The van der Waals surface area contributed by atoms with Gasteiger partial charge in [0, 0.05) is 71.7 Å². The fourth-order valence-corrected chi connectivity index (χ4v) is 10.9. The number of fused-ring (bicyclic) bond motifs is 6. The van der Waals surface area contributed by atoms with Gasteiger partial charge in [0.2, 0.25) is 0 Å². The predicted molar refractivity (Wildman–Crippen MR) is 258 cm³/mol. The molecule has 2 aliphatic rings. The highest BCUT2D eigenvalue weighted by Crippen LogP contribution is 2.54. The maximum atomic E-state index is 14.0. The Morgan fingerprint density at radius 3 is 1.52 bits per heavy atom. The van der Waals surface area contributed by atoms with Gasteiger partial charge in [0.15, 0.2) is 0 Å². The monoisotopic (exact) mass is 979 g/mol. The lowest BCUT2D eigenvalue weighted by atomic mass is 9.95. The number of benzene rings is 5. The number of hydrogen-bond acceptors (Lipinski definition) is 9. The van der Waals surface area contributed by atoms with Gasteiger partial charge in [-0.1, -0.05) is 60.7 Å². The van der Waals surface area contributed by atoms with Crippen LogP contribution in [0.3, 0.4) is 0 Å². The van der Waals surface area contributed by atoms with Crippen molar-refractivity contribution in [2.24, 2.45) is 0 Å². The zero-order valence-electron chi connectivity index (χ0n) is 36.9. The summed E-state index contributed by atoms with van der Waals surface area (Å²) in [4.78, 5) is 64.2. The highest BCUT2D eigenvalue weighted by Gasteiger charge is 2.38. The first-order chi connectivity index (χ1) is 31.0. The van der Waals surface area contributed by atoms with Crippen molar-refractivity contribution < 1.29 is 56.5 Å². The molecule has 0 spiro atoms. The van der Waals surface area contributed by atoms with Gasteiger partial charge in [-0.25, -0.2) is 13.9 Å². The molecule has 4 N–H and O–H groups in total. The summed E-state index contributed by atoms with van der Waals surface area (Å²) in [6.45, 7) is 10.1. The summed E-state index contributed by atoms with van der Waals surface area (Å²) < 4.78 is 48.1. The van der Waals surface area contributed by atoms with Crippen LogP contribution in [0.5, 0.6) is 11.5 Å². The molecule has 0 radical (unpaired) electrons. The van der Waals surface area contributed by atoms with Crippen LogP contribution < -0.4 is 24.2 Å². The van der Waals surface area contributed by atoms with E-state index in [4.69, 9.17) is 41.3 Å². The van der Waals surface area contributed by atoms with Crippen LogP contribution in [0, 0.1) is 0 Å². The normalized spacial score (nSPS) is 18.1. The average molecular weight is 981 g/mol. The van der Waals surface area contributed by atoms with Gasteiger partial charge in [-0.05, 0) is 92.8 Å². The van der Waals surface area contributed by atoms with Gasteiger partial charge in [-0.3, -0.25) is 33.7 Å². The molecule has 4 atom stereocenters. The number of carbonyl (C=O) groups excluding carboxylic acids is 2. The number of carboxylic acid groups (broad SMARTS) is 1. The van der Waals surface area contributed by atoms with Crippen LogP contribution in [-0.2, 0) is 27.8 Å². The zero-order valence-corrected chi connectivity index (χ0v) is 40.2. The maximum Gasteiger partial charge on any atom is 0.527 e. The number of alkyl halides is 2. The highest BCUT2D eigenvalue weighted by molar-refractivity contribution is 7.48. The third-order valence-corrected chi connectivity index (χ3v) is 13.7. The lowest BCUT2D eigenvalue weighted by molar-refractivity contribution is -0.114. The number of carbonyl (C=O) groups is 3. The van der Waals surface area contributed by atoms with E-state index < -0.39 is 44.8 Å². The van der Waals surface area contributed by atoms with Crippen molar-refractivity contribution in [3.63, 3.8) is 0 Å². The van der Waals surface area contributed by atoms with Gasteiger partial charge in [-0.15, -0.1) is 23.2 Å². The fraction of sp³-hybridized carbons (Fsp3) is 0.298. The van der Waals surface area contributed by atoms with E-state index in [9.17, 15) is 38.4 Å². The Balaban J connectivity index is 1.16. The SMILES string of the molecule is CC(C)(C)OP(=O)(O)Oc1cc2c(c3ccccc13)[C@H](CCl)CN2C(=O)/C=C/c1ccc(/C=C/C(=O)N2C[C@@H](CCl)c3c2cc(OP(=O)(O)OC(C)(C)C)c2ccccc32)c(NC(=O)O)c1. The third-order valence-electron chi connectivity index (χ3n) is 10.5. The van der Waals surface area contributed by atoms with E-state index in [-0.39, 0.29) is 53.9 Å². The van der Waals surface area contributed by atoms with E-state index in [2.05, 4.69) is 5.32 Å². The molecule has 0 aliphatic carbocycles. The molecular formula is C47H49Cl2N3O12P2. The molecule has 0 saturated carbocycles. The average Bonchev–Trinajstić information content (AvgIpc) is 3.79. The molecule has 7 rings (SSSR count). The molecular weight excluding hydrogens is 931 g/mol. The lowest BCUT2D eigenvalue weighted by Gasteiger charge is -2.24. The minimum absolute atomic E-state index is 0.0338. The quantitative estimate of drug-likeness (QED) is 0.0495. The van der Waals surface area contributed by atoms with Crippen molar-refractivity contribution in [1.82, 2.24) is 0 Å². The van der Waals surface area contributed by atoms with Crippen molar-refractivity contribution in [2.75, 3.05) is 40.0 Å². The van der Waals surface area contributed by atoms with Gasteiger partial charge in [0.1, 0.15) is 11.5 Å². The van der Waals surface area contributed by atoms with Gasteiger partial charge in [0.05, 0.1) is 28.3 Å². The molecule has 0 bridgehead atoms. The number of phosphoric ester groups is 2. The van der Waals surface area contributed by atoms with E-state index in [0.29, 0.717) is 44.0 Å². The smallest absolute Gasteiger partial charge is 0.465 e. The summed E-state index contributed by atoms with van der Waals surface area (Å²) in [6.07, 6.45) is 4.19. The van der Waals surface area contributed by atoms with E-state index in [1.807, 2.05) is 18.2 Å². The van der Waals surface area contributed by atoms with Crippen LogP contribution >= 0.6 is 38.8 Å². The first-order valence-electron chi connectivity index (χ1n) is 20.8. The number of phosphoric acid groups is 2. The van der Waals surface area contributed by atoms with Crippen molar-refractivity contribution in [3.8, 4) is 11.5 Å². The first kappa shape index (κ1) is 48.7. The first-order valence-corrected chi connectivity index (χ1v) is 24.8. The molecule has 19 heteroatoms.